The molecule has 17 heavy (non-hydrogen) atoms. The molecule has 1 fully saturated rings. The van der Waals surface area contributed by atoms with Gasteiger partial charge in [-0.15, -0.1) is 6.42 Å². The highest BCUT2D eigenvalue weighted by Gasteiger charge is 2.23. The quantitative estimate of drug-likeness (QED) is 0.649. The number of terminal acetylenes is 1. The van der Waals surface area contributed by atoms with E-state index in [9.17, 15) is 4.79 Å². The lowest BCUT2D eigenvalue weighted by molar-refractivity contribution is -0.122. The van der Waals surface area contributed by atoms with Gasteiger partial charge in [-0.1, -0.05) is 12.3 Å². The van der Waals surface area contributed by atoms with Crippen LogP contribution in [0, 0.1) is 12.3 Å². The Bertz CT molecular complexity index is 272. The number of hydrogen-bond acceptors (Lipinski definition) is 3. The SMILES string of the molecule is C#CCNC(=O)CN1CCCCC1CCNC. The second kappa shape index (κ2) is 8.10. The van der Waals surface area contributed by atoms with Gasteiger partial charge in [0.15, 0.2) is 0 Å². The molecule has 1 saturated heterocycles. The molecule has 0 aromatic heterocycles. The average molecular weight is 237 g/mol. The molecule has 1 unspecified atom stereocenters. The summed E-state index contributed by atoms with van der Waals surface area (Å²) >= 11 is 0. The molecule has 0 aromatic rings. The smallest absolute Gasteiger partial charge is 0.234 e. The molecule has 1 aliphatic heterocycles. The van der Waals surface area contributed by atoms with Gasteiger partial charge in [0, 0.05) is 6.04 Å². The number of carbonyl (C=O) groups is 1. The van der Waals surface area contributed by atoms with E-state index in [1.54, 1.807) is 0 Å². The van der Waals surface area contributed by atoms with E-state index < -0.39 is 0 Å². The van der Waals surface area contributed by atoms with Crippen molar-refractivity contribution in [1.29, 1.82) is 0 Å². The first kappa shape index (κ1) is 14.0. The maximum Gasteiger partial charge on any atom is 0.234 e. The minimum Gasteiger partial charge on any atom is -0.344 e. The molecule has 4 nitrogen and oxygen atoms in total. The average Bonchev–Trinajstić information content (AvgIpc) is 2.35. The topological polar surface area (TPSA) is 44.4 Å². The zero-order valence-electron chi connectivity index (χ0n) is 10.7. The number of nitrogens with zero attached hydrogens (tertiary/aromatic N) is 1. The van der Waals surface area contributed by atoms with Crippen molar-refractivity contribution in [3.8, 4) is 12.3 Å². The minimum absolute atomic E-state index is 0.0410. The molecule has 1 rings (SSSR count). The van der Waals surface area contributed by atoms with Gasteiger partial charge in [0.05, 0.1) is 13.1 Å². The van der Waals surface area contributed by atoms with Gasteiger partial charge in [0.25, 0.3) is 0 Å². The predicted molar refractivity (Wildman–Crippen MR) is 69.6 cm³/mol. The largest absolute Gasteiger partial charge is 0.344 e. The van der Waals surface area contributed by atoms with Crippen LogP contribution < -0.4 is 10.6 Å². The van der Waals surface area contributed by atoms with Crippen LogP contribution in [0.15, 0.2) is 0 Å². The maximum absolute atomic E-state index is 11.6. The van der Waals surface area contributed by atoms with Gasteiger partial charge in [-0.25, -0.2) is 0 Å². The highest BCUT2D eigenvalue weighted by Crippen LogP contribution is 2.18. The fourth-order valence-electron chi connectivity index (χ4n) is 2.30. The Morgan fingerprint density at radius 3 is 3.06 bits per heavy atom. The molecule has 2 N–H and O–H groups in total. The molecule has 0 aromatic carbocycles. The monoisotopic (exact) mass is 237 g/mol. The Balaban J connectivity index is 2.36. The Morgan fingerprint density at radius 2 is 2.35 bits per heavy atom. The molecule has 0 spiro atoms. The third-order valence-corrected chi connectivity index (χ3v) is 3.21. The summed E-state index contributed by atoms with van der Waals surface area (Å²) in [6.45, 7) is 2.84. The van der Waals surface area contributed by atoms with E-state index in [0.717, 1.165) is 19.5 Å². The Kier molecular flexibility index (Phi) is 6.68. The summed E-state index contributed by atoms with van der Waals surface area (Å²) < 4.78 is 0. The van der Waals surface area contributed by atoms with Crippen LogP contribution in [0.1, 0.15) is 25.7 Å². The van der Waals surface area contributed by atoms with Gasteiger partial charge in [-0.3, -0.25) is 9.69 Å². The van der Waals surface area contributed by atoms with Crippen LogP contribution in [0.2, 0.25) is 0 Å². The summed E-state index contributed by atoms with van der Waals surface area (Å²) in [6, 6.07) is 0.535. The number of hydrogen-bond donors (Lipinski definition) is 2. The number of carbonyl (C=O) groups excluding carboxylic acids is 1. The predicted octanol–water partition coefficient (Wildman–Crippen LogP) is 0.200. The third kappa shape index (κ3) is 5.20. The number of likely N-dealkylation sites (tertiary alicyclic amines) is 1. The van der Waals surface area contributed by atoms with Crippen LogP contribution in [0.25, 0.3) is 0 Å². The van der Waals surface area contributed by atoms with Crippen LogP contribution in [0.3, 0.4) is 0 Å². The van der Waals surface area contributed by atoms with E-state index in [2.05, 4.69) is 21.5 Å². The first-order valence-corrected chi connectivity index (χ1v) is 6.36. The number of amides is 1. The highest BCUT2D eigenvalue weighted by molar-refractivity contribution is 5.78. The first-order chi connectivity index (χ1) is 8.27. The molecular formula is C13H23N3O. The fraction of sp³-hybridized carbons (Fsp3) is 0.769. The summed E-state index contributed by atoms with van der Waals surface area (Å²) in [5.41, 5.74) is 0. The standard InChI is InChI=1S/C13H23N3O/c1-3-8-15-13(17)11-16-10-5-4-6-12(16)7-9-14-2/h1,12,14H,4-11H2,2H3,(H,15,17). The van der Waals surface area contributed by atoms with Crippen LogP contribution in [-0.4, -0.2) is 50.1 Å². The normalized spacial score (nSPS) is 20.8. The lowest BCUT2D eigenvalue weighted by Gasteiger charge is -2.35. The summed E-state index contributed by atoms with van der Waals surface area (Å²) in [7, 11) is 1.97. The Morgan fingerprint density at radius 1 is 1.53 bits per heavy atom. The lowest BCUT2D eigenvalue weighted by atomic mass is 9.99. The molecule has 1 aliphatic rings. The molecule has 96 valence electrons. The van der Waals surface area contributed by atoms with E-state index in [-0.39, 0.29) is 5.91 Å². The van der Waals surface area contributed by atoms with Crippen molar-refractivity contribution < 1.29 is 4.79 Å². The second-order valence-electron chi connectivity index (χ2n) is 4.49. The molecule has 1 atom stereocenters. The molecule has 0 bridgehead atoms. The fourth-order valence-corrected chi connectivity index (χ4v) is 2.30. The van der Waals surface area contributed by atoms with E-state index in [4.69, 9.17) is 6.42 Å². The highest BCUT2D eigenvalue weighted by atomic mass is 16.2. The molecule has 1 amide bonds. The maximum atomic E-state index is 11.6. The molecular weight excluding hydrogens is 214 g/mol. The second-order valence-corrected chi connectivity index (χ2v) is 4.49. The van der Waals surface area contributed by atoms with Crippen LogP contribution in [0.5, 0.6) is 0 Å². The van der Waals surface area contributed by atoms with Gasteiger partial charge in [0.1, 0.15) is 0 Å². The summed E-state index contributed by atoms with van der Waals surface area (Å²) in [6.07, 6.45) is 9.89. The number of nitrogens with one attached hydrogen (secondary N) is 2. The van der Waals surface area contributed by atoms with Crippen LogP contribution >= 0.6 is 0 Å². The molecule has 4 heteroatoms. The van der Waals surface area contributed by atoms with E-state index in [1.807, 2.05) is 7.05 Å². The zero-order valence-corrected chi connectivity index (χ0v) is 10.7. The van der Waals surface area contributed by atoms with Crippen molar-refractivity contribution >= 4 is 5.91 Å². The van der Waals surface area contributed by atoms with Gasteiger partial charge in [0.2, 0.25) is 5.91 Å². The van der Waals surface area contributed by atoms with Crippen molar-refractivity contribution in [3.63, 3.8) is 0 Å². The zero-order chi connectivity index (χ0) is 12.5. The Labute approximate surface area is 104 Å². The van der Waals surface area contributed by atoms with Gasteiger partial charge >= 0.3 is 0 Å². The number of rotatable bonds is 6. The first-order valence-electron chi connectivity index (χ1n) is 6.36. The third-order valence-electron chi connectivity index (χ3n) is 3.21. The van der Waals surface area contributed by atoms with Crippen LogP contribution in [-0.2, 0) is 4.79 Å². The van der Waals surface area contributed by atoms with Gasteiger partial charge < -0.3 is 10.6 Å². The van der Waals surface area contributed by atoms with Crippen LogP contribution in [0.4, 0.5) is 0 Å². The van der Waals surface area contributed by atoms with Crippen molar-refractivity contribution in [2.24, 2.45) is 0 Å². The summed E-state index contributed by atoms with van der Waals surface area (Å²) in [5.74, 6) is 2.46. The molecule has 0 aliphatic carbocycles. The summed E-state index contributed by atoms with van der Waals surface area (Å²) in [5, 5.41) is 5.89. The van der Waals surface area contributed by atoms with Crippen molar-refractivity contribution in [2.75, 3.05) is 33.2 Å². The Hall–Kier alpha value is -1.05. The van der Waals surface area contributed by atoms with E-state index in [0.29, 0.717) is 19.1 Å². The van der Waals surface area contributed by atoms with Crippen molar-refractivity contribution in [1.82, 2.24) is 15.5 Å². The molecule has 1 heterocycles. The van der Waals surface area contributed by atoms with E-state index >= 15 is 0 Å². The molecule has 0 radical (unpaired) electrons. The van der Waals surface area contributed by atoms with E-state index in [1.165, 1.54) is 19.3 Å². The summed E-state index contributed by atoms with van der Waals surface area (Å²) in [4.78, 5) is 13.9. The van der Waals surface area contributed by atoms with Gasteiger partial charge in [-0.05, 0) is 39.4 Å². The minimum atomic E-state index is 0.0410. The van der Waals surface area contributed by atoms with Crippen molar-refractivity contribution in [3.05, 3.63) is 0 Å². The van der Waals surface area contributed by atoms with Gasteiger partial charge in [-0.2, -0.15) is 0 Å². The lowest BCUT2D eigenvalue weighted by Crippen LogP contribution is -2.46. The van der Waals surface area contributed by atoms with Crippen molar-refractivity contribution in [2.45, 2.75) is 31.7 Å². The molecule has 0 saturated carbocycles. The number of piperidine rings is 1.